The fourth-order valence-corrected chi connectivity index (χ4v) is 2.06. The predicted molar refractivity (Wildman–Crippen MR) is 64.7 cm³/mol. The van der Waals surface area contributed by atoms with Gasteiger partial charge in [-0.3, -0.25) is 0 Å². The Morgan fingerprint density at radius 2 is 2.47 bits per heavy atom. The largest absolute Gasteiger partial charge is 0.473 e. The minimum Gasteiger partial charge on any atom is -0.473 e. The van der Waals surface area contributed by atoms with E-state index in [1.54, 1.807) is 19.2 Å². The van der Waals surface area contributed by atoms with E-state index in [4.69, 9.17) is 9.47 Å². The van der Waals surface area contributed by atoms with E-state index in [0.717, 1.165) is 5.56 Å². The van der Waals surface area contributed by atoms with Gasteiger partial charge >= 0.3 is 5.97 Å². The third-order valence-electron chi connectivity index (χ3n) is 2.34. The molecule has 6 heteroatoms. The van der Waals surface area contributed by atoms with E-state index in [-0.39, 0.29) is 5.97 Å². The van der Waals surface area contributed by atoms with E-state index in [9.17, 15) is 4.79 Å². The smallest absolute Gasteiger partial charge is 0.335 e. The molecule has 0 unspecified atom stereocenters. The van der Waals surface area contributed by atoms with Gasteiger partial charge in [0.05, 0.1) is 6.61 Å². The summed E-state index contributed by atoms with van der Waals surface area (Å²) in [4.78, 5) is 19.8. The number of hydrogen-bond acceptors (Lipinski definition) is 5. The number of ether oxygens (including phenoxy) is 2. The van der Waals surface area contributed by atoms with Crippen LogP contribution in [0.25, 0.3) is 0 Å². The van der Waals surface area contributed by atoms with Crippen molar-refractivity contribution in [3.05, 3.63) is 28.5 Å². The maximum absolute atomic E-state index is 11.7. The van der Waals surface area contributed by atoms with Crippen LogP contribution in [0, 0.1) is 0 Å². The van der Waals surface area contributed by atoms with E-state index in [2.05, 4.69) is 25.9 Å². The van der Waals surface area contributed by atoms with Gasteiger partial charge in [0.2, 0.25) is 0 Å². The molecule has 2 rings (SSSR count). The molecule has 0 amide bonds. The molecule has 0 radical (unpaired) electrons. The Balaban J connectivity index is 2.22. The van der Waals surface area contributed by atoms with Crippen molar-refractivity contribution < 1.29 is 14.3 Å². The molecule has 2 heterocycles. The lowest BCUT2D eigenvalue weighted by Crippen LogP contribution is -2.26. The molecule has 0 spiro atoms. The highest BCUT2D eigenvalue weighted by atomic mass is 79.9. The normalized spacial score (nSPS) is 22.2. The van der Waals surface area contributed by atoms with Gasteiger partial charge in [0.1, 0.15) is 4.60 Å². The number of hydrogen-bond donors (Lipinski definition) is 0. The quantitative estimate of drug-likeness (QED) is 0.631. The monoisotopic (exact) mass is 298 g/mol. The molecule has 90 valence electrons. The first-order valence-corrected chi connectivity index (χ1v) is 5.97. The number of pyridine rings is 1. The van der Waals surface area contributed by atoms with E-state index in [1.165, 1.54) is 6.40 Å². The van der Waals surface area contributed by atoms with E-state index >= 15 is 0 Å². The molecule has 0 saturated heterocycles. The van der Waals surface area contributed by atoms with Gasteiger partial charge in [-0.25, -0.2) is 14.8 Å². The summed E-state index contributed by atoms with van der Waals surface area (Å²) in [5.41, 5.74) is 0.781. The van der Waals surface area contributed by atoms with E-state index in [1.807, 2.05) is 6.07 Å². The van der Waals surface area contributed by atoms with Crippen molar-refractivity contribution in [1.29, 1.82) is 0 Å². The topological polar surface area (TPSA) is 60.8 Å². The Hall–Kier alpha value is -1.43. The van der Waals surface area contributed by atoms with Crippen molar-refractivity contribution in [3.8, 4) is 0 Å². The van der Waals surface area contributed by atoms with Crippen molar-refractivity contribution >= 4 is 28.3 Å². The van der Waals surface area contributed by atoms with Crippen molar-refractivity contribution in [2.75, 3.05) is 6.61 Å². The van der Waals surface area contributed by atoms with Gasteiger partial charge in [-0.2, -0.15) is 0 Å². The molecule has 0 bridgehead atoms. The Bertz CT molecular complexity index is 450. The fourth-order valence-electron chi connectivity index (χ4n) is 1.59. The van der Waals surface area contributed by atoms with Crippen molar-refractivity contribution in [1.82, 2.24) is 4.98 Å². The van der Waals surface area contributed by atoms with Gasteiger partial charge in [-0.15, -0.1) is 0 Å². The van der Waals surface area contributed by atoms with Gasteiger partial charge in [0.15, 0.2) is 18.5 Å². The molecule has 0 aromatic carbocycles. The molecule has 1 aromatic rings. The van der Waals surface area contributed by atoms with Crippen LogP contribution in [0.4, 0.5) is 0 Å². The molecule has 1 aliphatic heterocycles. The molecular weight excluding hydrogens is 288 g/mol. The average molecular weight is 299 g/mol. The number of carbonyl (C=O) groups is 1. The second-order valence-electron chi connectivity index (χ2n) is 3.39. The van der Waals surface area contributed by atoms with Crippen LogP contribution in [0.2, 0.25) is 0 Å². The maximum atomic E-state index is 11.7. The zero-order valence-electron chi connectivity index (χ0n) is 9.17. The van der Waals surface area contributed by atoms with E-state index in [0.29, 0.717) is 11.2 Å². The molecular formula is C11H11BrN2O3. The van der Waals surface area contributed by atoms with Crippen molar-refractivity contribution in [3.63, 3.8) is 0 Å². The van der Waals surface area contributed by atoms with Crippen LogP contribution in [-0.4, -0.2) is 30.0 Å². The number of aliphatic imine (C=N–C) groups is 1. The van der Waals surface area contributed by atoms with Gasteiger partial charge in [0, 0.05) is 11.8 Å². The molecule has 0 aliphatic carbocycles. The number of rotatable bonds is 3. The summed E-state index contributed by atoms with van der Waals surface area (Å²) in [7, 11) is 0. The lowest BCUT2D eigenvalue weighted by atomic mass is 10.1. The fraction of sp³-hybridized carbons (Fsp3) is 0.364. The zero-order chi connectivity index (χ0) is 12.3. The molecule has 5 nitrogen and oxygen atoms in total. The first-order valence-electron chi connectivity index (χ1n) is 5.18. The molecule has 17 heavy (non-hydrogen) atoms. The molecule has 1 aliphatic rings. The first-order chi connectivity index (χ1) is 8.24. The molecule has 1 aromatic heterocycles. The third-order valence-corrected chi connectivity index (χ3v) is 3.00. The standard InChI is InChI=1S/C11H11BrN2O3/c1-2-16-11(15)8-9(17-6-14-8)7-4-3-5-13-10(7)12/h3-6,8-9H,2H2,1H3/t8-,9-/m1/s1. The first kappa shape index (κ1) is 12.0. The van der Waals surface area contributed by atoms with Crippen LogP contribution < -0.4 is 0 Å². The summed E-state index contributed by atoms with van der Waals surface area (Å²) in [6, 6.07) is 2.96. The minimum atomic E-state index is -0.657. The van der Waals surface area contributed by atoms with Crippen LogP contribution in [0.1, 0.15) is 18.6 Å². The lowest BCUT2D eigenvalue weighted by Gasteiger charge is -2.16. The highest BCUT2D eigenvalue weighted by molar-refractivity contribution is 9.10. The van der Waals surface area contributed by atoms with Crippen molar-refractivity contribution in [2.45, 2.75) is 19.1 Å². The Morgan fingerprint density at radius 1 is 1.65 bits per heavy atom. The summed E-state index contributed by atoms with van der Waals surface area (Å²) in [6.45, 7) is 2.08. The number of carbonyl (C=O) groups excluding carboxylic acids is 1. The van der Waals surface area contributed by atoms with Gasteiger partial charge in [-0.1, -0.05) is 6.07 Å². The summed E-state index contributed by atoms with van der Waals surface area (Å²) < 4.78 is 10.9. The number of esters is 1. The SMILES string of the molecule is CCOC(=O)[C@@H]1N=CO[C@@H]1c1cccnc1Br. The maximum Gasteiger partial charge on any atom is 0.335 e. The van der Waals surface area contributed by atoms with Crippen LogP contribution in [0.3, 0.4) is 0 Å². The highest BCUT2D eigenvalue weighted by Crippen LogP contribution is 2.31. The molecule has 0 N–H and O–H groups in total. The number of halogens is 1. The third kappa shape index (κ3) is 2.46. The van der Waals surface area contributed by atoms with Crippen LogP contribution in [-0.2, 0) is 14.3 Å². The minimum absolute atomic E-state index is 0.325. The second-order valence-corrected chi connectivity index (χ2v) is 4.14. The Morgan fingerprint density at radius 3 is 3.18 bits per heavy atom. The summed E-state index contributed by atoms with van der Waals surface area (Å²) >= 11 is 3.32. The average Bonchev–Trinajstić information content (AvgIpc) is 2.79. The summed E-state index contributed by atoms with van der Waals surface area (Å²) in [5, 5.41) is 0. The van der Waals surface area contributed by atoms with Gasteiger partial charge < -0.3 is 9.47 Å². The zero-order valence-corrected chi connectivity index (χ0v) is 10.8. The highest BCUT2D eigenvalue weighted by Gasteiger charge is 2.36. The molecule has 0 saturated carbocycles. The van der Waals surface area contributed by atoms with Crippen LogP contribution in [0.5, 0.6) is 0 Å². The summed E-state index contributed by atoms with van der Waals surface area (Å²) in [6.07, 6.45) is 2.46. The van der Waals surface area contributed by atoms with Gasteiger partial charge in [0.25, 0.3) is 0 Å². The number of aromatic nitrogens is 1. The Labute approximate surface area is 107 Å². The number of nitrogens with zero attached hydrogens (tertiary/aromatic N) is 2. The molecule has 2 atom stereocenters. The second kappa shape index (κ2) is 5.27. The van der Waals surface area contributed by atoms with Crippen LogP contribution in [0.15, 0.2) is 27.9 Å². The van der Waals surface area contributed by atoms with E-state index < -0.39 is 12.1 Å². The Kier molecular flexibility index (Phi) is 3.73. The van der Waals surface area contributed by atoms with Crippen LogP contribution >= 0.6 is 15.9 Å². The predicted octanol–water partition coefficient (Wildman–Crippen LogP) is 1.88. The van der Waals surface area contributed by atoms with Crippen molar-refractivity contribution in [2.24, 2.45) is 4.99 Å². The lowest BCUT2D eigenvalue weighted by molar-refractivity contribution is -0.146. The summed E-state index contributed by atoms with van der Waals surface area (Å²) in [5.74, 6) is -0.387. The van der Waals surface area contributed by atoms with Gasteiger partial charge in [-0.05, 0) is 28.9 Å². The molecule has 0 fully saturated rings.